The third kappa shape index (κ3) is 3.99. The van der Waals surface area contributed by atoms with Crippen LogP contribution in [0.5, 0.6) is 11.5 Å². The highest BCUT2D eigenvalue weighted by molar-refractivity contribution is 5.81. The number of ether oxygens (including phenoxy) is 2. The molecule has 0 bridgehead atoms. The maximum atomic E-state index is 12.4. The third-order valence-electron chi connectivity index (χ3n) is 4.90. The minimum Gasteiger partial charge on any atom is -0.485 e. The molecule has 1 amide bonds. The molecule has 2 aromatic rings. The van der Waals surface area contributed by atoms with Crippen molar-refractivity contribution in [2.45, 2.75) is 32.0 Å². The van der Waals surface area contributed by atoms with Gasteiger partial charge in [-0.2, -0.15) is 0 Å². The smallest absolute Gasteiger partial charge is 0.264 e. The van der Waals surface area contributed by atoms with Crippen LogP contribution in [0.4, 0.5) is 0 Å². The molecule has 0 spiro atoms. The van der Waals surface area contributed by atoms with E-state index in [4.69, 9.17) is 9.47 Å². The van der Waals surface area contributed by atoms with Crippen LogP contribution in [0.2, 0.25) is 0 Å². The number of hydrogen-bond acceptors (Lipinski definition) is 4. The molecular formula is C21H24N2O3. The number of hydrogen-bond donors (Lipinski definition) is 1. The molecule has 5 heteroatoms. The van der Waals surface area contributed by atoms with Crippen LogP contribution in [-0.4, -0.2) is 36.6 Å². The number of likely N-dealkylation sites (tertiary alicyclic amines) is 1. The Kier molecular flexibility index (Phi) is 5.07. The Labute approximate surface area is 153 Å². The van der Waals surface area contributed by atoms with Crippen LogP contribution < -0.4 is 14.8 Å². The van der Waals surface area contributed by atoms with Crippen LogP contribution in [0.3, 0.4) is 0 Å². The lowest BCUT2D eigenvalue weighted by Gasteiger charge is -2.25. The second-order valence-corrected chi connectivity index (χ2v) is 6.88. The van der Waals surface area contributed by atoms with Gasteiger partial charge in [0, 0.05) is 13.1 Å². The summed E-state index contributed by atoms with van der Waals surface area (Å²) in [6.45, 7) is 4.13. The van der Waals surface area contributed by atoms with E-state index >= 15 is 0 Å². The van der Waals surface area contributed by atoms with Crippen molar-refractivity contribution in [2.75, 3.05) is 19.7 Å². The molecule has 1 saturated heterocycles. The summed E-state index contributed by atoms with van der Waals surface area (Å²) in [5.41, 5.74) is 2.41. The lowest BCUT2D eigenvalue weighted by Crippen LogP contribution is -2.43. The summed E-state index contributed by atoms with van der Waals surface area (Å²) in [6, 6.07) is 15.9. The monoisotopic (exact) mass is 352 g/mol. The zero-order valence-electron chi connectivity index (χ0n) is 14.8. The van der Waals surface area contributed by atoms with Crippen molar-refractivity contribution >= 4 is 5.91 Å². The summed E-state index contributed by atoms with van der Waals surface area (Å²) >= 11 is 0. The highest BCUT2D eigenvalue weighted by Crippen LogP contribution is 2.30. The highest BCUT2D eigenvalue weighted by atomic mass is 16.6. The van der Waals surface area contributed by atoms with Gasteiger partial charge in [0.1, 0.15) is 6.61 Å². The molecule has 1 fully saturated rings. The Morgan fingerprint density at radius 1 is 1.00 bits per heavy atom. The maximum Gasteiger partial charge on any atom is 0.264 e. The molecule has 0 aromatic heterocycles. The molecule has 2 aliphatic heterocycles. The number of nitrogens with zero attached hydrogens (tertiary/aromatic N) is 1. The molecule has 136 valence electrons. The SMILES string of the molecule is O=C(NCc1ccc(CN2CCCC2)cc1)[C@H]1COc2ccccc2O1. The van der Waals surface area contributed by atoms with Gasteiger partial charge in [-0.3, -0.25) is 9.69 Å². The molecule has 1 N–H and O–H groups in total. The standard InChI is InChI=1S/C21H24N2O3/c24-21(20-15-25-18-5-1-2-6-19(18)26-20)22-13-16-7-9-17(10-8-16)14-23-11-3-4-12-23/h1-2,5-10,20H,3-4,11-15H2,(H,22,24)/t20-/m1/s1. The van der Waals surface area contributed by atoms with Crippen molar-refractivity contribution in [3.63, 3.8) is 0 Å². The Morgan fingerprint density at radius 3 is 2.46 bits per heavy atom. The van der Waals surface area contributed by atoms with E-state index in [2.05, 4.69) is 34.5 Å². The van der Waals surface area contributed by atoms with E-state index in [0.29, 0.717) is 18.0 Å². The van der Waals surface area contributed by atoms with Crippen LogP contribution >= 0.6 is 0 Å². The zero-order valence-corrected chi connectivity index (χ0v) is 14.8. The van der Waals surface area contributed by atoms with Crippen molar-refractivity contribution in [3.05, 3.63) is 59.7 Å². The predicted molar refractivity (Wildman–Crippen MR) is 99.2 cm³/mol. The number of para-hydroxylation sites is 2. The van der Waals surface area contributed by atoms with Crippen LogP contribution in [0.15, 0.2) is 48.5 Å². The van der Waals surface area contributed by atoms with Crippen molar-refractivity contribution in [1.82, 2.24) is 10.2 Å². The number of benzene rings is 2. The first-order valence-corrected chi connectivity index (χ1v) is 9.24. The van der Waals surface area contributed by atoms with Crippen molar-refractivity contribution in [3.8, 4) is 11.5 Å². The molecule has 0 radical (unpaired) electrons. The van der Waals surface area contributed by atoms with Crippen molar-refractivity contribution < 1.29 is 14.3 Å². The fraction of sp³-hybridized carbons (Fsp3) is 0.381. The van der Waals surface area contributed by atoms with E-state index in [0.717, 1.165) is 12.1 Å². The summed E-state index contributed by atoms with van der Waals surface area (Å²) in [6.07, 6.45) is 2.00. The minimum absolute atomic E-state index is 0.152. The normalized spacial score (nSPS) is 19.3. The summed E-state index contributed by atoms with van der Waals surface area (Å²) in [7, 11) is 0. The van der Waals surface area contributed by atoms with Gasteiger partial charge in [0.2, 0.25) is 6.10 Å². The Bertz CT molecular complexity index is 754. The lowest BCUT2D eigenvalue weighted by atomic mass is 10.1. The molecular weight excluding hydrogens is 328 g/mol. The maximum absolute atomic E-state index is 12.4. The topological polar surface area (TPSA) is 50.8 Å². The summed E-state index contributed by atoms with van der Waals surface area (Å²) in [5, 5.41) is 2.94. The van der Waals surface area contributed by atoms with Gasteiger partial charge in [-0.05, 0) is 49.2 Å². The average Bonchev–Trinajstić information content (AvgIpc) is 3.20. The number of fused-ring (bicyclic) bond motifs is 1. The lowest BCUT2D eigenvalue weighted by molar-refractivity contribution is -0.130. The fourth-order valence-electron chi connectivity index (χ4n) is 3.41. The molecule has 26 heavy (non-hydrogen) atoms. The van der Waals surface area contributed by atoms with Crippen LogP contribution in [0.25, 0.3) is 0 Å². The van der Waals surface area contributed by atoms with E-state index in [9.17, 15) is 4.79 Å². The van der Waals surface area contributed by atoms with E-state index < -0.39 is 6.10 Å². The van der Waals surface area contributed by atoms with E-state index in [1.54, 1.807) is 0 Å². The summed E-state index contributed by atoms with van der Waals surface area (Å²) < 4.78 is 11.3. The number of rotatable bonds is 5. The average molecular weight is 352 g/mol. The molecule has 0 unspecified atom stereocenters. The van der Waals surface area contributed by atoms with Gasteiger partial charge in [-0.1, -0.05) is 36.4 Å². The number of nitrogens with one attached hydrogen (secondary N) is 1. The molecule has 0 saturated carbocycles. The Morgan fingerprint density at radius 2 is 1.69 bits per heavy atom. The fourth-order valence-corrected chi connectivity index (χ4v) is 3.41. The first-order chi connectivity index (χ1) is 12.8. The van der Waals surface area contributed by atoms with Gasteiger partial charge in [0.25, 0.3) is 5.91 Å². The second kappa shape index (κ2) is 7.79. The van der Waals surface area contributed by atoms with Crippen LogP contribution in [0, 0.1) is 0 Å². The molecule has 2 aliphatic rings. The van der Waals surface area contributed by atoms with E-state index in [-0.39, 0.29) is 12.5 Å². The zero-order chi connectivity index (χ0) is 17.8. The quantitative estimate of drug-likeness (QED) is 0.899. The molecule has 0 aliphatic carbocycles. The largest absolute Gasteiger partial charge is 0.485 e. The van der Waals surface area contributed by atoms with Crippen LogP contribution in [0.1, 0.15) is 24.0 Å². The van der Waals surface area contributed by atoms with Gasteiger partial charge < -0.3 is 14.8 Å². The van der Waals surface area contributed by atoms with Gasteiger partial charge in [0.15, 0.2) is 11.5 Å². The highest BCUT2D eigenvalue weighted by Gasteiger charge is 2.26. The first-order valence-electron chi connectivity index (χ1n) is 9.24. The van der Waals surface area contributed by atoms with Gasteiger partial charge in [-0.15, -0.1) is 0 Å². The van der Waals surface area contributed by atoms with E-state index in [1.807, 2.05) is 24.3 Å². The number of carbonyl (C=O) groups is 1. The predicted octanol–water partition coefficient (Wildman–Crippen LogP) is 2.74. The van der Waals surface area contributed by atoms with Crippen LogP contribution in [-0.2, 0) is 17.9 Å². The third-order valence-corrected chi connectivity index (χ3v) is 4.90. The molecule has 5 nitrogen and oxygen atoms in total. The number of carbonyl (C=O) groups excluding carboxylic acids is 1. The molecule has 1 atom stereocenters. The van der Waals surface area contributed by atoms with Crippen molar-refractivity contribution in [1.29, 1.82) is 0 Å². The second-order valence-electron chi connectivity index (χ2n) is 6.88. The molecule has 4 rings (SSSR count). The van der Waals surface area contributed by atoms with Gasteiger partial charge >= 0.3 is 0 Å². The minimum atomic E-state index is -0.612. The summed E-state index contributed by atoms with van der Waals surface area (Å²) in [5.74, 6) is 1.15. The first kappa shape index (κ1) is 16.9. The Balaban J connectivity index is 1.28. The van der Waals surface area contributed by atoms with Gasteiger partial charge in [-0.25, -0.2) is 0 Å². The van der Waals surface area contributed by atoms with Gasteiger partial charge in [0.05, 0.1) is 0 Å². The van der Waals surface area contributed by atoms with Crippen molar-refractivity contribution in [2.24, 2.45) is 0 Å². The number of amides is 1. The van der Waals surface area contributed by atoms with E-state index in [1.165, 1.54) is 31.5 Å². The molecule has 2 heterocycles. The Hall–Kier alpha value is -2.53. The molecule has 2 aromatic carbocycles. The summed E-state index contributed by atoms with van der Waals surface area (Å²) in [4.78, 5) is 14.8.